The van der Waals surface area contributed by atoms with Crippen LogP contribution in [0.15, 0.2) is 34.3 Å². The summed E-state index contributed by atoms with van der Waals surface area (Å²) in [6, 6.07) is 6.97. The Bertz CT molecular complexity index is 1340. The predicted molar refractivity (Wildman–Crippen MR) is 162 cm³/mol. The molecule has 4 saturated carbocycles. The van der Waals surface area contributed by atoms with Crippen LogP contribution in [0.5, 0.6) is 0 Å². The van der Waals surface area contributed by atoms with Gasteiger partial charge in [0.25, 0.3) is 10.0 Å². The smallest absolute Gasteiger partial charge is 0.276 e. The van der Waals surface area contributed by atoms with E-state index in [9.17, 15) is 13.5 Å². The van der Waals surface area contributed by atoms with Crippen molar-refractivity contribution in [2.24, 2.45) is 57.4 Å². The third-order valence-electron chi connectivity index (χ3n) is 13.4. The van der Waals surface area contributed by atoms with Crippen molar-refractivity contribution in [3.8, 4) is 0 Å². The van der Waals surface area contributed by atoms with E-state index in [1.54, 1.807) is 12.1 Å². The van der Waals surface area contributed by atoms with Crippen LogP contribution < -0.4 is 4.83 Å². The Kier molecular flexibility index (Phi) is 6.97. The number of nitrogens with one attached hydrogen (secondary N) is 1. The number of fused-ring (bicyclic) bond motifs is 7. The minimum atomic E-state index is -3.80. The molecular weight excluding hydrogens is 548 g/mol. The molecule has 2 saturated heterocycles. The number of hydrazone groups is 1. The lowest BCUT2D eigenvalue weighted by Crippen LogP contribution is -2.58. The van der Waals surface area contributed by atoms with Gasteiger partial charge >= 0.3 is 0 Å². The Hall–Kier alpha value is -1.48. The van der Waals surface area contributed by atoms with E-state index in [0.717, 1.165) is 62.8 Å². The number of rotatable bonds is 3. The first-order valence-electron chi connectivity index (χ1n) is 16.5. The Labute approximate surface area is 252 Å². The van der Waals surface area contributed by atoms with Crippen LogP contribution in [0.25, 0.3) is 0 Å². The van der Waals surface area contributed by atoms with Gasteiger partial charge in [0.1, 0.15) is 0 Å². The molecule has 232 valence electrons. The molecule has 0 radical (unpaired) electrons. The van der Waals surface area contributed by atoms with E-state index < -0.39 is 15.8 Å². The molecule has 0 amide bonds. The molecule has 8 heteroatoms. The van der Waals surface area contributed by atoms with Crippen LogP contribution in [0.1, 0.15) is 91.0 Å². The van der Waals surface area contributed by atoms with Crippen LogP contribution in [0.4, 0.5) is 0 Å². The van der Waals surface area contributed by atoms with Crippen molar-refractivity contribution < 1.29 is 23.0 Å². The van der Waals surface area contributed by atoms with E-state index in [1.165, 1.54) is 12.8 Å². The van der Waals surface area contributed by atoms with Crippen molar-refractivity contribution in [1.82, 2.24) is 4.83 Å². The zero-order chi connectivity index (χ0) is 29.7. The summed E-state index contributed by atoms with van der Waals surface area (Å²) in [7, 11) is -3.80. The quantitative estimate of drug-likeness (QED) is 0.413. The molecule has 6 aliphatic rings. The molecule has 12 atom stereocenters. The van der Waals surface area contributed by atoms with Gasteiger partial charge in [-0.1, -0.05) is 45.4 Å². The van der Waals surface area contributed by atoms with E-state index in [0.29, 0.717) is 29.6 Å². The molecule has 2 N–H and O–H groups in total. The number of ether oxygens (including phenoxy) is 2. The Morgan fingerprint density at radius 2 is 1.76 bits per heavy atom. The Balaban J connectivity index is 1.27. The Morgan fingerprint density at radius 1 is 1.00 bits per heavy atom. The molecule has 1 spiro atoms. The second kappa shape index (κ2) is 10.0. The van der Waals surface area contributed by atoms with Gasteiger partial charge in [0.05, 0.1) is 23.7 Å². The number of nitrogens with zero attached hydrogens (tertiary/aromatic N) is 1. The highest BCUT2D eigenvalue weighted by Crippen LogP contribution is 2.70. The molecular formula is C34H50N2O5S. The largest absolute Gasteiger partial charge is 0.393 e. The Morgan fingerprint density at radius 3 is 2.48 bits per heavy atom. The number of hydrogen-bond donors (Lipinski definition) is 2. The summed E-state index contributed by atoms with van der Waals surface area (Å²) < 4.78 is 40.5. The van der Waals surface area contributed by atoms with Gasteiger partial charge in [-0.15, -0.1) is 0 Å². The van der Waals surface area contributed by atoms with Crippen molar-refractivity contribution in [1.29, 1.82) is 0 Å². The van der Waals surface area contributed by atoms with Gasteiger partial charge in [-0.05, 0) is 105 Å². The molecule has 1 aromatic rings. The first-order chi connectivity index (χ1) is 19.9. The molecule has 7 rings (SSSR count). The zero-order valence-electron chi connectivity index (χ0n) is 26.0. The SMILES string of the molecule is Cc1ccc(S(=O)(=O)N/N=C2/C[C@@H]3[C@H](CC[C@H]4C[C@@H](O)CC[C@@]43C)[C@@H]3C[C@@H]4O[C@]5(CC[C@@H](C)CO5)[C@@H](C)[C@@H]4[C@@]23C)cc1. The fraction of sp³-hybridized carbons (Fsp3) is 0.794. The molecule has 1 aromatic carbocycles. The van der Waals surface area contributed by atoms with E-state index in [1.807, 2.05) is 19.1 Å². The van der Waals surface area contributed by atoms with Crippen LogP contribution in [0, 0.1) is 59.2 Å². The zero-order valence-corrected chi connectivity index (χ0v) is 26.8. The number of hydrogen-bond acceptors (Lipinski definition) is 6. The van der Waals surface area contributed by atoms with Crippen molar-refractivity contribution in [2.45, 2.75) is 115 Å². The van der Waals surface area contributed by atoms with Crippen molar-refractivity contribution >= 4 is 15.7 Å². The molecule has 7 nitrogen and oxygen atoms in total. The summed E-state index contributed by atoms with van der Waals surface area (Å²) in [5.74, 6) is 2.33. The standard InChI is InChI=1S/C34H50N2O5S/c1-20-6-9-25(10-7-20)42(38,39)36-35-30-18-27-26(11-8-23-16-24(37)13-14-32(23,27)4)28-17-29-31(33(28,30)5)22(3)34(41-29)15-12-21(2)19-40-34/h6-7,9-10,21-24,26-29,31,36-37H,8,11-19H2,1-5H3/b35-30-/t21-,22+,23+,24+,26+,27-,28+,29+,31+,32+,33-,34-/m1/s1. The number of aliphatic hydroxyl groups is 1. The van der Waals surface area contributed by atoms with Crippen LogP contribution in [0.2, 0.25) is 0 Å². The molecule has 2 heterocycles. The van der Waals surface area contributed by atoms with Crippen LogP contribution in [-0.2, 0) is 19.5 Å². The van der Waals surface area contributed by atoms with Gasteiger partial charge in [-0.2, -0.15) is 13.5 Å². The van der Waals surface area contributed by atoms with Gasteiger partial charge in [0.15, 0.2) is 5.79 Å². The summed E-state index contributed by atoms with van der Waals surface area (Å²) in [5, 5.41) is 15.5. The first-order valence-corrected chi connectivity index (χ1v) is 18.0. The summed E-state index contributed by atoms with van der Waals surface area (Å²) in [6.07, 6.45) is 8.84. The summed E-state index contributed by atoms with van der Waals surface area (Å²) in [6.45, 7) is 12.1. The molecule has 0 unspecified atom stereocenters. The van der Waals surface area contributed by atoms with E-state index in [2.05, 4.69) is 32.5 Å². The summed E-state index contributed by atoms with van der Waals surface area (Å²) in [5.41, 5.74) is 1.89. The second-order valence-corrected chi connectivity index (χ2v) is 17.2. The number of benzene rings is 1. The highest BCUT2D eigenvalue weighted by atomic mass is 32.2. The predicted octanol–water partition coefficient (Wildman–Crippen LogP) is 6.05. The number of aliphatic hydroxyl groups excluding tert-OH is 1. The molecule has 42 heavy (non-hydrogen) atoms. The normalized spacial score (nSPS) is 49.3. The second-order valence-electron chi connectivity index (χ2n) is 15.5. The fourth-order valence-corrected chi connectivity index (χ4v) is 11.8. The highest BCUT2D eigenvalue weighted by molar-refractivity contribution is 7.89. The minimum Gasteiger partial charge on any atom is -0.393 e. The van der Waals surface area contributed by atoms with E-state index in [-0.39, 0.29) is 39.8 Å². The molecule has 0 bridgehead atoms. The fourth-order valence-electron chi connectivity index (χ4n) is 11.0. The van der Waals surface area contributed by atoms with Gasteiger partial charge in [0, 0.05) is 29.4 Å². The van der Waals surface area contributed by atoms with Gasteiger partial charge in [-0.3, -0.25) is 0 Å². The average Bonchev–Trinajstić information content (AvgIpc) is 3.40. The van der Waals surface area contributed by atoms with Crippen molar-refractivity contribution in [3.05, 3.63) is 29.8 Å². The maximum Gasteiger partial charge on any atom is 0.276 e. The average molecular weight is 599 g/mol. The first kappa shape index (κ1) is 29.2. The van der Waals surface area contributed by atoms with Crippen LogP contribution in [-0.4, -0.2) is 43.8 Å². The molecule has 6 fully saturated rings. The number of sulfonamides is 1. The van der Waals surface area contributed by atoms with Gasteiger partial charge in [0.2, 0.25) is 0 Å². The molecule has 0 aromatic heterocycles. The van der Waals surface area contributed by atoms with E-state index in [4.69, 9.17) is 14.6 Å². The van der Waals surface area contributed by atoms with Crippen LogP contribution in [0.3, 0.4) is 0 Å². The van der Waals surface area contributed by atoms with Crippen LogP contribution >= 0.6 is 0 Å². The lowest BCUT2D eigenvalue weighted by atomic mass is 9.44. The lowest BCUT2D eigenvalue weighted by Gasteiger charge is -2.61. The summed E-state index contributed by atoms with van der Waals surface area (Å²) in [4.78, 5) is 2.95. The van der Waals surface area contributed by atoms with Crippen molar-refractivity contribution in [2.75, 3.05) is 6.61 Å². The minimum absolute atomic E-state index is 0.0970. The van der Waals surface area contributed by atoms with E-state index >= 15 is 0 Å². The topological polar surface area (TPSA) is 97.2 Å². The molecule has 2 aliphatic heterocycles. The summed E-state index contributed by atoms with van der Waals surface area (Å²) >= 11 is 0. The monoisotopic (exact) mass is 598 g/mol. The van der Waals surface area contributed by atoms with Gasteiger partial charge in [-0.25, -0.2) is 4.83 Å². The van der Waals surface area contributed by atoms with Gasteiger partial charge < -0.3 is 14.6 Å². The maximum atomic E-state index is 13.5. The third kappa shape index (κ3) is 4.28. The molecule has 4 aliphatic carbocycles. The number of aryl methyl sites for hydroxylation is 1. The maximum absolute atomic E-state index is 13.5. The van der Waals surface area contributed by atoms with Crippen molar-refractivity contribution in [3.63, 3.8) is 0 Å². The third-order valence-corrected chi connectivity index (χ3v) is 14.7. The lowest BCUT2D eigenvalue weighted by molar-refractivity contribution is -0.272. The highest BCUT2D eigenvalue weighted by Gasteiger charge is 2.71.